The van der Waals surface area contributed by atoms with E-state index in [-0.39, 0.29) is 17.5 Å². The number of anilines is 1. The first kappa shape index (κ1) is 15.7. The van der Waals surface area contributed by atoms with Gasteiger partial charge in [-0.2, -0.15) is 5.26 Å². The fourth-order valence-corrected chi connectivity index (χ4v) is 2.77. The number of benzene rings is 1. The van der Waals surface area contributed by atoms with Gasteiger partial charge in [0.25, 0.3) is 5.91 Å². The summed E-state index contributed by atoms with van der Waals surface area (Å²) in [6, 6.07) is 7.12. The van der Waals surface area contributed by atoms with Crippen molar-refractivity contribution in [1.29, 1.82) is 5.26 Å². The van der Waals surface area contributed by atoms with Gasteiger partial charge in [0.05, 0.1) is 15.7 Å². The zero-order chi connectivity index (χ0) is 15.2. The van der Waals surface area contributed by atoms with E-state index in [0.29, 0.717) is 15.7 Å². The Balaban J connectivity index is 2.06. The second-order valence-electron chi connectivity index (χ2n) is 4.87. The van der Waals surface area contributed by atoms with Crippen molar-refractivity contribution in [3.63, 3.8) is 0 Å². The van der Waals surface area contributed by atoms with E-state index in [0.717, 1.165) is 25.7 Å². The van der Waals surface area contributed by atoms with Gasteiger partial charge in [-0.15, -0.1) is 0 Å². The molecule has 4 nitrogen and oxygen atoms in total. The lowest BCUT2D eigenvalue weighted by atomic mass is 10.2. The molecule has 1 aliphatic carbocycles. The zero-order valence-corrected chi connectivity index (χ0v) is 12.8. The van der Waals surface area contributed by atoms with E-state index in [9.17, 15) is 4.79 Å². The molecule has 1 aromatic rings. The topological polar surface area (TPSA) is 64.9 Å². The molecule has 2 rings (SSSR count). The molecule has 0 atom stereocenters. The number of nitrogens with zero attached hydrogens (tertiary/aromatic N) is 1. The number of nitrogens with one attached hydrogen (secondary N) is 2. The van der Waals surface area contributed by atoms with Crippen LogP contribution in [0, 0.1) is 11.3 Å². The van der Waals surface area contributed by atoms with Crippen LogP contribution < -0.4 is 10.6 Å². The smallest absolute Gasteiger partial charge is 0.263 e. The van der Waals surface area contributed by atoms with Crippen LogP contribution in [0.5, 0.6) is 0 Å². The van der Waals surface area contributed by atoms with Crippen LogP contribution in [-0.2, 0) is 4.79 Å². The Hall–Kier alpha value is -1.70. The average molecular weight is 324 g/mol. The van der Waals surface area contributed by atoms with E-state index in [1.165, 1.54) is 6.20 Å². The maximum Gasteiger partial charge on any atom is 0.263 e. The van der Waals surface area contributed by atoms with E-state index in [1.807, 2.05) is 6.07 Å². The van der Waals surface area contributed by atoms with Crippen molar-refractivity contribution in [1.82, 2.24) is 5.32 Å². The molecule has 0 radical (unpaired) electrons. The van der Waals surface area contributed by atoms with Crippen LogP contribution in [-0.4, -0.2) is 11.9 Å². The van der Waals surface area contributed by atoms with Gasteiger partial charge in [-0.3, -0.25) is 4.79 Å². The largest absolute Gasteiger partial charge is 0.358 e. The molecule has 21 heavy (non-hydrogen) atoms. The Morgan fingerprint density at radius 1 is 1.29 bits per heavy atom. The minimum absolute atomic E-state index is 0.00196. The van der Waals surface area contributed by atoms with Gasteiger partial charge in [0.1, 0.15) is 11.6 Å². The highest BCUT2D eigenvalue weighted by Gasteiger charge is 2.19. The number of carbonyl (C=O) groups excluding carboxylic acids is 1. The summed E-state index contributed by atoms with van der Waals surface area (Å²) in [6.45, 7) is 0. The summed E-state index contributed by atoms with van der Waals surface area (Å²) in [7, 11) is 0. The SMILES string of the molecule is N#C/C(=C/Nc1c(Cl)cccc1Cl)C(=O)NC1CCCC1. The van der Waals surface area contributed by atoms with Gasteiger partial charge in [-0.1, -0.05) is 42.1 Å². The summed E-state index contributed by atoms with van der Waals surface area (Å²) >= 11 is 12.0. The zero-order valence-electron chi connectivity index (χ0n) is 11.3. The third-order valence-electron chi connectivity index (χ3n) is 3.38. The summed E-state index contributed by atoms with van der Waals surface area (Å²) in [5, 5.41) is 15.6. The molecule has 1 aromatic carbocycles. The van der Waals surface area contributed by atoms with Crippen LogP contribution in [0.3, 0.4) is 0 Å². The molecule has 0 aliphatic heterocycles. The Bertz CT molecular complexity index is 581. The summed E-state index contributed by atoms with van der Waals surface area (Å²) in [5.41, 5.74) is 0.472. The number of hydrogen-bond acceptors (Lipinski definition) is 3. The summed E-state index contributed by atoms with van der Waals surface area (Å²) in [5.74, 6) is -0.375. The highest BCUT2D eigenvalue weighted by Crippen LogP contribution is 2.29. The maximum absolute atomic E-state index is 12.0. The van der Waals surface area contributed by atoms with Gasteiger partial charge in [0.2, 0.25) is 0 Å². The average Bonchev–Trinajstić information content (AvgIpc) is 2.95. The van der Waals surface area contributed by atoms with E-state index in [2.05, 4.69) is 10.6 Å². The number of nitriles is 1. The maximum atomic E-state index is 12.0. The third-order valence-corrected chi connectivity index (χ3v) is 4.01. The lowest BCUT2D eigenvalue weighted by molar-refractivity contribution is -0.117. The number of para-hydroxylation sites is 1. The third kappa shape index (κ3) is 4.13. The number of halogens is 2. The standard InChI is InChI=1S/C15H15Cl2N3O/c16-12-6-3-7-13(17)14(12)19-9-10(8-18)15(21)20-11-4-1-2-5-11/h3,6-7,9,11,19H,1-2,4-5H2,(H,20,21)/b10-9-. The molecule has 0 unspecified atom stereocenters. The normalized spacial score (nSPS) is 15.6. The van der Waals surface area contributed by atoms with Crippen molar-refractivity contribution in [2.75, 3.05) is 5.32 Å². The highest BCUT2D eigenvalue weighted by molar-refractivity contribution is 6.39. The molecular weight excluding hydrogens is 309 g/mol. The Kier molecular flexibility index (Phi) is 5.49. The second-order valence-corrected chi connectivity index (χ2v) is 5.68. The minimum Gasteiger partial charge on any atom is -0.358 e. The molecule has 0 aromatic heterocycles. The molecule has 1 amide bonds. The second kappa shape index (κ2) is 7.35. The molecule has 6 heteroatoms. The van der Waals surface area contributed by atoms with Crippen LogP contribution in [0.4, 0.5) is 5.69 Å². The summed E-state index contributed by atoms with van der Waals surface area (Å²) in [4.78, 5) is 12.0. The molecule has 0 bridgehead atoms. The van der Waals surface area contributed by atoms with Crippen molar-refractivity contribution in [3.05, 3.63) is 40.0 Å². The quantitative estimate of drug-likeness (QED) is 0.653. The first-order valence-corrected chi connectivity index (χ1v) is 7.49. The molecular formula is C15H15Cl2N3O. The lowest BCUT2D eigenvalue weighted by Gasteiger charge is -2.11. The lowest BCUT2D eigenvalue weighted by Crippen LogP contribution is -2.33. The summed E-state index contributed by atoms with van der Waals surface area (Å²) < 4.78 is 0. The number of carbonyl (C=O) groups is 1. The molecule has 2 N–H and O–H groups in total. The highest BCUT2D eigenvalue weighted by atomic mass is 35.5. The molecule has 0 saturated heterocycles. The molecule has 1 saturated carbocycles. The number of hydrogen-bond donors (Lipinski definition) is 2. The number of amides is 1. The van der Waals surface area contributed by atoms with E-state index in [1.54, 1.807) is 18.2 Å². The van der Waals surface area contributed by atoms with E-state index >= 15 is 0 Å². The van der Waals surface area contributed by atoms with Crippen LogP contribution in [0.15, 0.2) is 30.0 Å². The Labute approximate surface area is 133 Å². The van der Waals surface area contributed by atoms with Crippen molar-refractivity contribution < 1.29 is 4.79 Å². The minimum atomic E-state index is -0.375. The van der Waals surface area contributed by atoms with Gasteiger partial charge in [-0.05, 0) is 25.0 Å². The molecule has 1 aliphatic rings. The van der Waals surface area contributed by atoms with Crippen LogP contribution in [0.25, 0.3) is 0 Å². The van der Waals surface area contributed by atoms with Crippen LogP contribution in [0.1, 0.15) is 25.7 Å². The summed E-state index contributed by atoms with van der Waals surface area (Å²) in [6.07, 6.45) is 5.49. The van der Waals surface area contributed by atoms with Gasteiger partial charge >= 0.3 is 0 Å². The predicted molar refractivity (Wildman–Crippen MR) is 84.2 cm³/mol. The molecule has 110 valence electrons. The molecule has 1 fully saturated rings. The van der Waals surface area contributed by atoms with Gasteiger partial charge < -0.3 is 10.6 Å². The predicted octanol–water partition coefficient (Wildman–Crippen LogP) is 3.87. The van der Waals surface area contributed by atoms with Crippen molar-refractivity contribution in [2.24, 2.45) is 0 Å². The molecule has 0 spiro atoms. The van der Waals surface area contributed by atoms with E-state index in [4.69, 9.17) is 28.5 Å². The van der Waals surface area contributed by atoms with Gasteiger partial charge in [0.15, 0.2) is 0 Å². The van der Waals surface area contributed by atoms with Crippen LogP contribution in [0.2, 0.25) is 10.0 Å². The number of rotatable bonds is 4. The molecule has 0 heterocycles. The fraction of sp³-hybridized carbons (Fsp3) is 0.333. The Morgan fingerprint density at radius 2 is 1.90 bits per heavy atom. The first-order valence-electron chi connectivity index (χ1n) is 6.73. The van der Waals surface area contributed by atoms with Crippen molar-refractivity contribution >= 4 is 34.8 Å². The fourth-order valence-electron chi connectivity index (χ4n) is 2.26. The van der Waals surface area contributed by atoms with Crippen molar-refractivity contribution in [3.8, 4) is 6.07 Å². The van der Waals surface area contributed by atoms with Crippen LogP contribution >= 0.6 is 23.2 Å². The van der Waals surface area contributed by atoms with E-state index < -0.39 is 0 Å². The first-order chi connectivity index (χ1) is 10.1. The van der Waals surface area contributed by atoms with Gasteiger partial charge in [0, 0.05) is 12.2 Å². The Morgan fingerprint density at radius 3 is 2.48 bits per heavy atom. The van der Waals surface area contributed by atoms with Crippen molar-refractivity contribution in [2.45, 2.75) is 31.7 Å². The van der Waals surface area contributed by atoms with Gasteiger partial charge in [-0.25, -0.2) is 0 Å². The monoisotopic (exact) mass is 323 g/mol.